The predicted molar refractivity (Wildman–Crippen MR) is 109 cm³/mol. The summed E-state index contributed by atoms with van der Waals surface area (Å²) >= 11 is 1.56. The molecule has 2 heterocycles. The quantitative estimate of drug-likeness (QED) is 0.537. The van der Waals surface area contributed by atoms with Crippen LogP contribution in [-0.2, 0) is 7.05 Å². The van der Waals surface area contributed by atoms with Crippen molar-refractivity contribution in [3.8, 4) is 22.5 Å². The van der Waals surface area contributed by atoms with E-state index in [9.17, 15) is 9.18 Å². The lowest BCUT2D eigenvalue weighted by molar-refractivity contribution is 0.101. The zero-order chi connectivity index (χ0) is 19.7. The third-order valence-corrected chi connectivity index (χ3v) is 5.10. The summed E-state index contributed by atoms with van der Waals surface area (Å²) in [4.78, 5) is 17.4. The molecule has 0 aliphatic carbocycles. The van der Waals surface area contributed by atoms with E-state index in [4.69, 9.17) is 0 Å². The average molecular weight is 392 g/mol. The van der Waals surface area contributed by atoms with Gasteiger partial charge in [-0.3, -0.25) is 9.48 Å². The molecular weight excluding hydrogens is 375 g/mol. The van der Waals surface area contributed by atoms with Gasteiger partial charge < -0.3 is 5.32 Å². The minimum atomic E-state index is -0.313. The Labute approximate surface area is 165 Å². The molecule has 5 nitrogen and oxygen atoms in total. The number of hydrogen-bond donors (Lipinski definition) is 1. The summed E-state index contributed by atoms with van der Waals surface area (Å²) in [7, 11) is 1.71. The summed E-state index contributed by atoms with van der Waals surface area (Å²) in [6.07, 6.45) is 0. The lowest BCUT2D eigenvalue weighted by Gasteiger charge is -2.09. The van der Waals surface area contributed by atoms with E-state index < -0.39 is 0 Å². The SMILES string of the molecule is Cc1nc(-c2ccccc2NC(=O)c2cc(-c3ccc(F)cc3)nn2C)cs1. The Bertz CT molecular complexity index is 1150. The number of halogens is 1. The molecule has 4 aromatic rings. The van der Waals surface area contributed by atoms with Gasteiger partial charge >= 0.3 is 0 Å². The zero-order valence-electron chi connectivity index (χ0n) is 15.3. The molecule has 28 heavy (non-hydrogen) atoms. The number of anilines is 1. The van der Waals surface area contributed by atoms with Crippen molar-refractivity contribution in [1.82, 2.24) is 14.8 Å². The number of para-hydroxylation sites is 1. The van der Waals surface area contributed by atoms with Crippen molar-refractivity contribution in [3.63, 3.8) is 0 Å². The number of amides is 1. The van der Waals surface area contributed by atoms with Crippen LogP contribution in [0.2, 0.25) is 0 Å². The van der Waals surface area contributed by atoms with Crippen LogP contribution in [0.25, 0.3) is 22.5 Å². The minimum absolute atomic E-state index is 0.275. The first-order chi connectivity index (χ1) is 13.5. The highest BCUT2D eigenvalue weighted by atomic mass is 32.1. The van der Waals surface area contributed by atoms with Crippen LogP contribution in [0.3, 0.4) is 0 Å². The Hall–Kier alpha value is -3.32. The molecule has 2 aromatic heterocycles. The van der Waals surface area contributed by atoms with Crippen LogP contribution in [0, 0.1) is 12.7 Å². The lowest BCUT2D eigenvalue weighted by atomic mass is 10.1. The Balaban J connectivity index is 1.62. The van der Waals surface area contributed by atoms with Crippen molar-refractivity contribution >= 4 is 22.9 Å². The summed E-state index contributed by atoms with van der Waals surface area (Å²) < 4.78 is 14.7. The maximum atomic E-state index is 13.1. The minimum Gasteiger partial charge on any atom is -0.320 e. The molecule has 0 aliphatic rings. The molecule has 4 rings (SSSR count). The standard InChI is InChI=1S/C21H17FN4OS/c1-13-23-19(12-28-13)16-5-3-4-6-17(16)24-21(27)20-11-18(25-26(20)2)14-7-9-15(22)10-8-14/h3-12H,1-2H3,(H,24,27). The van der Waals surface area contributed by atoms with Crippen molar-refractivity contribution in [2.24, 2.45) is 7.05 Å². The van der Waals surface area contributed by atoms with Crippen LogP contribution in [0.4, 0.5) is 10.1 Å². The molecular formula is C21H17FN4OS. The van der Waals surface area contributed by atoms with Gasteiger partial charge in [0.15, 0.2) is 0 Å². The van der Waals surface area contributed by atoms with Gasteiger partial charge in [-0.25, -0.2) is 9.37 Å². The Kier molecular flexibility index (Phi) is 4.75. The summed E-state index contributed by atoms with van der Waals surface area (Å²) in [6, 6.07) is 15.3. The van der Waals surface area contributed by atoms with E-state index in [0.29, 0.717) is 17.1 Å². The number of carbonyl (C=O) groups excluding carboxylic acids is 1. The number of thiazole rings is 1. The van der Waals surface area contributed by atoms with E-state index in [-0.39, 0.29) is 11.7 Å². The van der Waals surface area contributed by atoms with Gasteiger partial charge in [0.05, 0.1) is 22.1 Å². The predicted octanol–water partition coefficient (Wildman–Crippen LogP) is 4.91. The zero-order valence-corrected chi connectivity index (χ0v) is 16.1. The fourth-order valence-corrected chi connectivity index (χ4v) is 3.54. The molecule has 0 atom stereocenters. The number of nitrogens with zero attached hydrogens (tertiary/aromatic N) is 3. The summed E-state index contributed by atoms with van der Waals surface area (Å²) in [5.74, 6) is -0.589. The topological polar surface area (TPSA) is 59.8 Å². The lowest BCUT2D eigenvalue weighted by Crippen LogP contribution is -2.16. The molecule has 0 saturated carbocycles. The first-order valence-electron chi connectivity index (χ1n) is 8.64. The van der Waals surface area contributed by atoms with Crippen molar-refractivity contribution in [1.29, 1.82) is 0 Å². The second-order valence-corrected chi connectivity index (χ2v) is 7.36. The summed E-state index contributed by atoms with van der Waals surface area (Å²) in [5.41, 5.74) is 4.13. The second-order valence-electron chi connectivity index (χ2n) is 6.30. The number of nitrogens with one attached hydrogen (secondary N) is 1. The van der Waals surface area contributed by atoms with Crippen molar-refractivity contribution in [2.75, 3.05) is 5.32 Å². The van der Waals surface area contributed by atoms with E-state index in [2.05, 4.69) is 15.4 Å². The maximum absolute atomic E-state index is 13.1. The normalized spacial score (nSPS) is 10.8. The third-order valence-electron chi connectivity index (χ3n) is 4.32. The van der Waals surface area contributed by atoms with E-state index in [1.807, 2.05) is 36.6 Å². The highest BCUT2D eigenvalue weighted by Gasteiger charge is 2.17. The fraction of sp³-hybridized carbons (Fsp3) is 0.0952. The molecule has 0 aliphatic heterocycles. The average Bonchev–Trinajstić information content (AvgIpc) is 3.28. The first kappa shape index (κ1) is 18.1. The van der Waals surface area contributed by atoms with Crippen LogP contribution >= 0.6 is 11.3 Å². The molecule has 7 heteroatoms. The third kappa shape index (κ3) is 3.57. The van der Waals surface area contributed by atoms with Gasteiger partial charge in [0.1, 0.15) is 11.5 Å². The monoisotopic (exact) mass is 392 g/mol. The van der Waals surface area contributed by atoms with E-state index in [1.165, 1.54) is 16.8 Å². The molecule has 140 valence electrons. The van der Waals surface area contributed by atoms with Crippen LogP contribution in [-0.4, -0.2) is 20.7 Å². The number of hydrogen-bond acceptors (Lipinski definition) is 4. The fourth-order valence-electron chi connectivity index (χ4n) is 2.93. The highest BCUT2D eigenvalue weighted by molar-refractivity contribution is 7.09. The maximum Gasteiger partial charge on any atom is 0.273 e. The molecule has 0 bridgehead atoms. The van der Waals surface area contributed by atoms with Gasteiger partial charge in [-0.15, -0.1) is 11.3 Å². The molecule has 2 aromatic carbocycles. The Morgan fingerprint density at radius 1 is 1.11 bits per heavy atom. The smallest absolute Gasteiger partial charge is 0.273 e. The number of benzene rings is 2. The Morgan fingerprint density at radius 3 is 2.57 bits per heavy atom. The molecule has 0 spiro atoms. The first-order valence-corrected chi connectivity index (χ1v) is 9.52. The van der Waals surface area contributed by atoms with Gasteiger partial charge in [-0.2, -0.15) is 5.10 Å². The molecule has 1 amide bonds. The molecule has 0 unspecified atom stereocenters. The number of carbonyl (C=O) groups is 1. The van der Waals surface area contributed by atoms with Crippen LogP contribution in [0.5, 0.6) is 0 Å². The van der Waals surface area contributed by atoms with Crippen molar-refractivity contribution < 1.29 is 9.18 Å². The van der Waals surface area contributed by atoms with Crippen LogP contribution < -0.4 is 5.32 Å². The van der Waals surface area contributed by atoms with Crippen LogP contribution in [0.1, 0.15) is 15.5 Å². The Morgan fingerprint density at radius 2 is 1.86 bits per heavy atom. The van der Waals surface area contributed by atoms with Gasteiger partial charge in [-0.05, 0) is 43.3 Å². The molecule has 1 N–H and O–H groups in total. The molecule has 0 radical (unpaired) electrons. The number of aryl methyl sites for hydroxylation is 2. The number of aromatic nitrogens is 3. The summed E-state index contributed by atoms with van der Waals surface area (Å²) in [6.45, 7) is 1.95. The molecule has 0 fully saturated rings. The second kappa shape index (κ2) is 7.36. The number of rotatable bonds is 4. The van der Waals surface area contributed by atoms with Gasteiger partial charge in [-0.1, -0.05) is 18.2 Å². The van der Waals surface area contributed by atoms with Gasteiger partial charge in [0, 0.05) is 23.6 Å². The van der Waals surface area contributed by atoms with E-state index in [0.717, 1.165) is 21.8 Å². The van der Waals surface area contributed by atoms with Gasteiger partial charge in [0.25, 0.3) is 5.91 Å². The van der Waals surface area contributed by atoms with Crippen LogP contribution in [0.15, 0.2) is 60.0 Å². The van der Waals surface area contributed by atoms with Gasteiger partial charge in [0.2, 0.25) is 0 Å². The van der Waals surface area contributed by atoms with Crippen molar-refractivity contribution in [2.45, 2.75) is 6.92 Å². The highest BCUT2D eigenvalue weighted by Crippen LogP contribution is 2.29. The molecule has 0 saturated heterocycles. The van der Waals surface area contributed by atoms with Crippen molar-refractivity contribution in [3.05, 3.63) is 76.5 Å². The van der Waals surface area contributed by atoms with E-state index >= 15 is 0 Å². The summed E-state index contributed by atoms with van der Waals surface area (Å²) in [5, 5.41) is 10.3. The van der Waals surface area contributed by atoms with E-state index in [1.54, 1.807) is 36.6 Å². The largest absolute Gasteiger partial charge is 0.320 e.